The van der Waals surface area contributed by atoms with Gasteiger partial charge in [-0.15, -0.1) is 0 Å². The zero-order valence-corrected chi connectivity index (χ0v) is 23.4. The van der Waals surface area contributed by atoms with Crippen LogP contribution in [0.3, 0.4) is 0 Å². The third-order valence-electron chi connectivity index (χ3n) is 7.91. The number of esters is 1. The van der Waals surface area contributed by atoms with E-state index in [1.165, 1.54) is 12.0 Å². The second-order valence-electron chi connectivity index (χ2n) is 10.8. The Morgan fingerprint density at radius 1 is 0.769 bits per heavy atom. The normalized spacial score (nSPS) is 23.2. The molecule has 12 heteroatoms. The van der Waals surface area contributed by atoms with Crippen LogP contribution in [-0.2, 0) is 33.5 Å². The largest absolute Gasteiger partial charge is 0.469 e. The van der Waals surface area contributed by atoms with Crippen molar-refractivity contribution in [3.05, 3.63) is 0 Å². The van der Waals surface area contributed by atoms with Gasteiger partial charge < -0.3 is 30.1 Å². The second kappa shape index (κ2) is 14.3. The molecule has 3 heterocycles. The molecule has 3 saturated heterocycles. The van der Waals surface area contributed by atoms with Crippen molar-refractivity contribution in [2.75, 3.05) is 52.9 Å². The van der Waals surface area contributed by atoms with E-state index in [0.717, 1.165) is 25.7 Å². The Bertz CT molecular complexity index is 935. The van der Waals surface area contributed by atoms with Gasteiger partial charge in [0.15, 0.2) is 0 Å². The number of amides is 5. The molecular formula is C27H43N5O7. The molecule has 3 atom stereocenters. The minimum Gasteiger partial charge on any atom is -0.469 e. The predicted octanol–water partition coefficient (Wildman–Crippen LogP) is -0.0939. The molecule has 0 aromatic heterocycles. The standard InChI is InChI=1S/C27H43N5O7/c1-4-6-21(7-5-2)32-17-19(13-24(32)35)26(37)29-8-10-30-15-18(12-22(30)33)25(36)28-9-11-31-16-20(14-23(31)34)27(38)39-3/h18-21H,4-17H2,1-3H3,(H,28,36)(H,29,37). The van der Waals surface area contributed by atoms with Crippen molar-refractivity contribution < 1.29 is 33.5 Å². The van der Waals surface area contributed by atoms with Crippen LogP contribution in [-0.4, -0.2) is 109 Å². The van der Waals surface area contributed by atoms with Crippen LogP contribution in [0.1, 0.15) is 58.8 Å². The molecule has 0 bridgehead atoms. The van der Waals surface area contributed by atoms with Crippen molar-refractivity contribution >= 4 is 35.5 Å². The van der Waals surface area contributed by atoms with E-state index in [2.05, 4.69) is 24.5 Å². The maximum atomic E-state index is 12.7. The van der Waals surface area contributed by atoms with E-state index >= 15 is 0 Å². The van der Waals surface area contributed by atoms with E-state index in [-0.39, 0.29) is 93.5 Å². The molecule has 2 N–H and O–H groups in total. The van der Waals surface area contributed by atoms with Crippen molar-refractivity contribution in [2.24, 2.45) is 17.8 Å². The Hall–Kier alpha value is -3.18. The third-order valence-corrected chi connectivity index (χ3v) is 7.91. The van der Waals surface area contributed by atoms with E-state index in [0.29, 0.717) is 13.1 Å². The highest BCUT2D eigenvalue weighted by Gasteiger charge is 2.38. The fraction of sp³-hybridized carbons (Fsp3) is 0.778. The molecule has 39 heavy (non-hydrogen) atoms. The molecule has 3 unspecified atom stereocenters. The average molecular weight is 550 g/mol. The fourth-order valence-electron chi connectivity index (χ4n) is 5.78. The smallest absolute Gasteiger partial charge is 0.310 e. The van der Waals surface area contributed by atoms with Gasteiger partial charge in [-0.3, -0.25) is 28.8 Å². The molecule has 0 aliphatic carbocycles. The van der Waals surface area contributed by atoms with Gasteiger partial charge in [0, 0.05) is 71.1 Å². The summed E-state index contributed by atoms with van der Waals surface area (Å²) < 4.78 is 4.70. The molecule has 3 fully saturated rings. The topological polar surface area (TPSA) is 145 Å². The molecule has 0 saturated carbocycles. The highest BCUT2D eigenvalue weighted by molar-refractivity contribution is 5.90. The Balaban J connectivity index is 1.36. The number of hydrogen-bond acceptors (Lipinski definition) is 7. The number of rotatable bonds is 14. The summed E-state index contributed by atoms with van der Waals surface area (Å²) in [6, 6.07) is 0.184. The van der Waals surface area contributed by atoms with Crippen LogP contribution < -0.4 is 10.6 Å². The van der Waals surface area contributed by atoms with E-state index in [1.807, 2.05) is 4.90 Å². The molecule has 3 aliphatic heterocycles. The summed E-state index contributed by atoms with van der Waals surface area (Å²) in [5, 5.41) is 5.65. The van der Waals surface area contributed by atoms with Crippen LogP contribution in [0.5, 0.6) is 0 Å². The summed E-state index contributed by atoms with van der Waals surface area (Å²) in [4.78, 5) is 79.0. The number of ether oxygens (including phenoxy) is 1. The highest BCUT2D eigenvalue weighted by Crippen LogP contribution is 2.25. The van der Waals surface area contributed by atoms with E-state index in [4.69, 9.17) is 4.74 Å². The molecule has 0 aromatic rings. The van der Waals surface area contributed by atoms with Crippen LogP contribution in [0.25, 0.3) is 0 Å². The molecular weight excluding hydrogens is 506 g/mol. The van der Waals surface area contributed by atoms with Gasteiger partial charge in [-0.25, -0.2) is 0 Å². The molecule has 0 aromatic carbocycles. The zero-order chi connectivity index (χ0) is 28.5. The van der Waals surface area contributed by atoms with Crippen molar-refractivity contribution in [1.82, 2.24) is 25.3 Å². The SMILES string of the molecule is CCCC(CCC)N1CC(C(=O)NCCN2CC(C(=O)NCCN3CC(C(=O)OC)CC3=O)CC2=O)CC1=O. The first kappa shape index (κ1) is 30.4. The molecule has 218 valence electrons. The lowest BCUT2D eigenvalue weighted by Gasteiger charge is -2.27. The fourth-order valence-corrected chi connectivity index (χ4v) is 5.78. The van der Waals surface area contributed by atoms with Crippen LogP contribution in [0, 0.1) is 17.8 Å². The van der Waals surface area contributed by atoms with Gasteiger partial charge in [-0.05, 0) is 12.8 Å². The van der Waals surface area contributed by atoms with Crippen LogP contribution >= 0.6 is 0 Å². The minimum atomic E-state index is -0.500. The molecule has 3 aliphatic rings. The van der Waals surface area contributed by atoms with Gasteiger partial charge in [0.1, 0.15) is 0 Å². The number of hydrogen-bond donors (Lipinski definition) is 2. The van der Waals surface area contributed by atoms with Gasteiger partial charge in [-0.2, -0.15) is 0 Å². The molecule has 0 spiro atoms. The van der Waals surface area contributed by atoms with E-state index < -0.39 is 17.8 Å². The maximum absolute atomic E-state index is 12.7. The third kappa shape index (κ3) is 7.92. The molecule has 5 amide bonds. The summed E-state index contributed by atoms with van der Waals surface area (Å²) >= 11 is 0. The number of likely N-dealkylation sites (tertiary alicyclic amines) is 3. The van der Waals surface area contributed by atoms with Crippen molar-refractivity contribution in [1.29, 1.82) is 0 Å². The first-order chi connectivity index (χ1) is 18.7. The van der Waals surface area contributed by atoms with Crippen LogP contribution in [0.4, 0.5) is 0 Å². The number of nitrogens with zero attached hydrogens (tertiary/aromatic N) is 3. The first-order valence-electron chi connectivity index (χ1n) is 14.2. The summed E-state index contributed by atoms with van der Waals surface area (Å²) in [5.41, 5.74) is 0. The van der Waals surface area contributed by atoms with Gasteiger partial charge in [-0.1, -0.05) is 26.7 Å². The van der Waals surface area contributed by atoms with Crippen molar-refractivity contribution in [3.63, 3.8) is 0 Å². The predicted molar refractivity (Wildman–Crippen MR) is 141 cm³/mol. The molecule has 0 radical (unpaired) electrons. The number of methoxy groups -OCH3 is 1. The summed E-state index contributed by atoms with van der Waals surface area (Å²) in [7, 11) is 1.29. The van der Waals surface area contributed by atoms with E-state index in [1.54, 1.807) is 4.90 Å². The highest BCUT2D eigenvalue weighted by atomic mass is 16.5. The quantitative estimate of drug-likeness (QED) is 0.288. The minimum absolute atomic E-state index is 0.0306. The van der Waals surface area contributed by atoms with Crippen LogP contribution in [0.15, 0.2) is 0 Å². The maximum Gasteiger partial charge on any atom is 0.310 e. The Labute approximate surface area is 230 Å². The molecule has 3 rings (SSSR count). The van der Waals surface area contributed by atoms with Gasteiger partial charge in [0.2, 0.25) is 29.5 Å². The summed E-state index contributed by atoms with van der Waals surface area (Å²) in [6.45, 7) is 6.24. The first-order valence-corrected chi connectivity index (χ1v) is 14.2. The number of nitrogens with one attached hydrogen (secondary N) is 2. The van der Waals surface area contributed by atoms with Crippen LogP contribution in [0.2, 0.25) is 0 Å². The number of carbonyl (C=O) groups is 6. The lowest BCUT2D eigenvalue weighted by atomic mass is 10.0. The lowest BCUT2D eigenvalue weighted by Crippen LogP contribution is -2.41. The monoisotopic (exact) mass is 549 g/mol. The average Bonchev–Trinajstić information content (AvgIpc) is 3.60. The molecule has 12 nitrogen and oxygen atoms in total. The second-order valence-corrected chi connectivity index (χ2v) is 10.8. The Kier molecular flexibility index (Phi) is 11.1. The van der Waals surface area contributed by atoms with Gasteiger partial charge in [0.05, 0.1) is 24.9 Å². The van der Waals surface area contributed by atoms with Crippen molar-refractivity contribution in [2.45, 2.75) is 64.8 Å². The Morgan fingerprint density at radius 2 is 1.23 bits per heavy atom. The lowest BCUT2D eigenvalue weighted by molar-refractivity contribution is -0.145. The number of carbonyl (C=O) groups excluding carboxylic acids is 6. The Morgan fingerprint density at radius 3 is 1.74 bits per heavy atom. The van der Waals surface area contributed by atoms with Gasteiger partial charge >= 0.3 is 5.97 Å². The summed E-state index contributed by atoms with van der Waals surface area (Å²) in [5.74, 6) is -2.48. The summed E-state index contributed by atoms with van der Waals surface area (Å²) in [6.07, 6.45) is 4.27. The van der Waals surface area contributed by atoms with E-state index in [9.17, 15) is 28.8 Å². The zero-order valence-electron chi connectivity index (χ0n) is 23.4. The van der Waals surface area contributed by atoms with Gasteiger partial charge in [0.25, 0.3) is 0 Å². The van der Waals surface area contributed by atoms with Crippen molar-refractivity contribution in [3.8, 4) is 0 Å².